The van der Waals surface area contributed by atoms with E-state index in [9.17, 15) is 0 Å². The number of methoxy groups -OCH3 is 1. The van der Waals surface area contributed by atoms with Crippen LogP contribution in [0, 0.1) is 0 Å². The molecule has 0 amide bonds. The smallest absolute Gasteiger partial charge is 0.138 e. The molecule has 3 heteroatoms. The Morgan fingerprint density at radius 2 is 1.94 bits per heavy atom. The molecule has 1 rings (SSSR count). The molecule has 0 spiro atoms. The molecular formula is C13H20ClNO. The summed E-state index contributed by atoms with van der Waals surface area (Å²) in [5, 5.41) is 0.684. The zero-order valence-corrected chi connectivity index (χ0v) is 11.1. The highest BCUT2D eigenvalue weighted by atomic mass is 35.5. The van der Waals surface area contributed by atoms with Gasteiger partial charge in [-0.05, 0) is 36.5 Å². The SMILES string of the molecule is COc1cc(C(C)C)cc(CC(C)N)c1Cl. The summed E-state index contributed by atoms with van der Waals surface area (Å²) in [5.41, 5.74) is 8.11. The van der Waals surface area contributed by atoms with Gasteiger partial charge in [0.2, 0.25) is 0 Å². The molecule has 1 aromatic rings. The minimum Gasteiger partial charge on any atom is -0.495 e. The van der Waals surface area contributed by atoms with Crippen LogP contribution in [0.2, 0.25) is 5.02 Å². The Balaban J connectivity index is 3.19. The van der Waals surface area contributed by atoms with Gasteiger partial charge >= 0.3 is 0 Å². The molecule has 0 aromatic heterocycles. The van der Waals surface area contributed by atoms with Crippen molar-refractivity contribution >= 4 is 11.6 Å². The number of hydrogen-bond donors (Lipinski definition) is 1. The summed E-state index contributed by atoms with van der Waals surface area (Å²) < 4.78 is 5.29. The fourth-order valence-corrected chi connectivity index (χ4v) is 1.92. The summed E-state index contributed by atoms with van der Waals surface area (Å²) in [6.45, 7) is 6.28. The lowest BCUT2D eigenvalue weighted by Gasteiger charge is -2.15. The van der Waals surface area contributed by atoms with Crippen LogP contribution in [0.1, 0.15) is 37.8 Å². The average Bonchev–Trinajstić information content (AvgIpc) is 2.20. The predicted octanol–water partition coefficient (Wildman–Crippen LogP) is 3.36. The molecule has 16 heavy (non-hydrogen) atoms. The van der Waals surface area contributed by atoms with Gasteiger partial charge in [-0.2, -0.15) is 0 Å². The molecule has 0 aliphatic heterocycles. The average molecular weight is 242 g/mol. The van der Waals surface area contributed by atoms with Crippen molar-refractivity contribution in [2.24, 2.45) is 5.73 Å². The second-order valence-electron chi connectivity index (χ2n) is 4.53. The zero-order chi connectivity index (χ0) is 12.3. The highest BCUT2D eigenvalue weighted by Crippen LogP contribution is 2.33. The third kappa shape index (κ3) is 3.13. The van der Waals surface area contributed by atoms with Gasteiger partial charge in [-0.25, -0.2) is 0 Å². The van der Waals surface area contributed by atoms with Crippen molar-refractivity contribution in [3.8, 4) is 5.75 Å². The Labute approximate surface area is 103 Å². The standard InChI is InChI=1S/C13H20ClNO/c1-8(2)10-6-11(5-9(3)15)13(14)12(7-10)16-4/h6-9H,5,15H2,1-4H3. The second kappa shape index (κ2) is 5.55. The highest BCUT2D eigenvalue weighted by Gasteiger charge is 2.12. The maximum atomic E-state index is 6.25. The molecule has 0 saturated carbocycles. The van der Waals surface area contributed by atoms with Gasteiger partial charge in [-0.3, -0.25) is 0 Å². The van der Waals surface area contributed by atoms with E-state index in [1.807, 2.05) is 13.0 Å². The summed E-state index contributed by atoms with van der Waals surface area (Å²) in [7, 11) is 1.64. The normalized spacial score (nSPS) is 12.9. The molecule has 1 atom stereocenters. The van der Waals surface area contributed by atoms with Crippen molar-refractivity contribution in [3.63, 3.8) is 0 Å². The largest absolute Gasteiger partial charge is 0.495 e. The Hall–Kier alpha value is -0.730. The van der Waals surface area contributed by atoms with Crippen LogP contribution >= 0.6 is 11.6 Å². The van der Waals surface area contributed by atoms with Crippen molar-refractivity contribution in [3.05, 3.63) is 28.3 Å². The van der Waals surface area contributed by atoms with Crippen LogP contribution < -0.4 is 10.5 Å². The lowest BCUT2D eigenvalue weighted by atomic mass is 9.97. The quantitative estimate of drug-likeness (QED) is 0.877. The van der Waals surface area contributed by atoms with E-state index >= 15 is 0 Å². The number of halogens is 1. The Kier molecular flexibility index (Phi) is 4.63. The van der Waals surface area contributed by atoms with Crippen LogP contribution in [-0.2, 0) is 6.42 Å². The number of hydrogen-bond acceptors (Lipinski definition) is 2. The summed E-state index contributed by atoms with van der Waals surface area (Å²) in [4.78, 5) is 0. The number of benzene rings is 1. The van der Waals surface area contributed by atoms with Gasteiger partial charge in [0.15, 0.2) is 0 Å². The Morgan fingerprint density at radius 3 is 2.38 bits per heavy atom. The van der Waals surface area contributed by atoms with Crippen LogP contribution in [0.5, 0.6) is 5.75 Å². The zero-order valence-electron chi connectivity index (χ0n) is 10.4. The number of nitrogens with two attached hydrogens (primary N) is 1. The van der Waals surface area contributed by atoms with Gasteiger partial charge in [0.05, 0.1) is 12.1 Å². The van der Waals surface area contributed by atoms with Crippen molar-refractivity contribution < 1.29 is 4.74 Å². The molecule has 0 saturated heterocycles. The molecular weight excluding hydrogens is 222 g/mol. The molecule has 1 aromatic carbocycles. The lowest BCUT2D eigenvalue weighted by molar-refractivity contribution is 0.413. The maximum Gasteiger partial charge on any atom is 0.138 e. The van der Waals surface area contributed by atoms with E-state index in [-0.39, 0.29) is 6.04 Å². The molecule has 2 N–H and O–H groups in total. The number of rotatable bonds is 4. The third-order valence-corrected chi connectivity index (χ3v) is 2.99. The third-order valence-electron chi connectivity index (χ3n) is 2.57. The van der Waals surface area contributed by atoms with E-state index < -0.39 is 0 Å². The van der Waals surface area contributed by atoms with Crippen molar-refractivity contribution in [2.45, 2.75) is 39.2 Å². The van der Waals surface area contributed by atoms with Crippen molar-refractivity contribution in [2.75, 3.05) is 7.11 Å². The molecule has 0 fully saturated rings. The van der Waals surface area contributed by atoms with Gasteiger partial charge in [0.1, 0.15) is 5.75 Å². The molecule has 0 aliphatic rings. The Morgan fingerprint density at radius 1 is 1.31 bits per heavy atom. The second-order valence-corrected chi connectivity index (χ2v) is 4.91. The van der Waals surface area contributed by atoms with Crippen LogP contribution in [0.15, 0.2) is 12.1 Å². The van der Waals surface area contributed by atoms with E-state index in [4.69, 9.17) is 22.1 Å². The van der Waals surface area contributed by atoms with Gasteiger partial charge in [0.25, 0.3) is 0 Å². The summed E-state index contributed by atoms with van der Waals surface area (Å²) in [6.07, 6.45) is 0.774. The lowest BCUT2D eigenvalue weighted by Crippen LogP contribution is -2.18. The van der Waals surface area contributed by atoms with Gasteiger partial charge in [-0.1, -0.05) is 31.5 Å². The molecule has 0 radical (unpaired) electrons. The van der Waals surface area contributed by atoms with Crippen LogP contribution in [-0.4, -0.2) is 13.2 Å². The first-order chi connectivity index (χ1) is 7.45. The van der Waals surface area contributed by atoms with E-state index in [0.29, 0.717) is 10.9 Å². The monoisotopic (exact) mass is 241 g/mol. The van der Waals surface area contributed by atoms with Crippen LogP contribution in [0.25, 0.3) is 0 Å². The molecule has 0 aliphatic carbocycles. The molecule has 0 heterocycles. The van der Waals surface area contributed by atoms with E-state index in [2.05, 4.69) is 19.9 Å². The Bertz CT molecular complexity index is 361. The molecule has 0 bridgehead atoms. The van der Waals surface area contributed by atoms with E-state index in [1.54, 1.807) is 7.11 Å². The number of ether oxygens (including phenoxy) is 1. The topological polar surface area (TPSA) is 35.2 Å². The van der Waals surface area contributed by atoms with Crippen molar-refractivity contribution in [1.29, 1.82) is 0 Å². The van der Waals surface area contributed by atoms with Gasteiger partial charge in [0, 0.05) is 6.04 Å². The predicted molar refractivity (Wildman–Crippen MR) is 69.4 cm³/mol. The van der Waals surface area contributed by atoms with Gasteiger partial charge < -0.3 is 10.5 Å². The molecule has 2 nitrogen and oxygen atoms in total. The first-order valence-electron chi connectivity index (χ1n) is 5.57. The highest BCUT2D eigenvalue weighted by molar-refractivity contribution is 6.32. The maximum absolute atomic E-state index is 6.25. The van der Waals surface area contributed by atoms with Crippen LogP contribution in [0.4, 0.5) is 0 Å². The van der Waals surface area contributed by atoms with Crippen molar-refractivity contribution in [1.82, 2.24) is 0 Å². The first-order valence-corrected chi connectivity index (χ1v) is 5.95. The van der Waals surface area contributed by atoms with E-state index in [0.717, 1.165) is 17.7 Å². The molecule has 1 unspecified atom stereocenters. The first kappa shape index (κ1) is 13.3. The summed E-state index contributed by atoms with van der Waals surface area (Å²) in [6, 6.07) is 4.22. The fourth-order valence-electron chi connectivity index (χ4n) is 1.66. The fraction of sp³-hybridized carbons (Fsp3) is 0.538. The summed E-state index contributed by atoms with van der Waals surface area (Å²) >= 11 is 6.25. The minimum atomic E-state index is 0.101. The minimum absolute atomic E-state index is 0.101. The van der Waals surface area contributed by atoms with E-state index in [1.165, 1.54) is 5.56 Å². The summed E-state index contributed by atoms with van der Waals surface area (Å²) in [5.74, 6) is 1.20. The van der Waals surface area contributed by atoms with Gasteiger partial charge in [-0.15, -0.1) is 0 Å². The van der Waals surface area contributed by atoms with Crippen LogP contribution in [0.3, 0.4) is 0 Å². The molecule has 90 valence electrons.